The van der Waals surface area contributed by atoms with E-state index in [0.29, 0.717) is 23.8 Å². The van der Waals surface area contributed by atoms with Crippen molar-refractivity contribution in [2.45, 2.75) is 25.4 Å². The Morgan fingerprint density at radius 3 is 2.62 bits per heavy atom. The van der Waals surface area contributed by atoms with Gasteiger partial charge in [0.25, 0.3) is 10.0 Å². The van der Waals surface area contributed by atoms with Gasteiger partial charge in [-0.3, -0.25) is 4.72 Å². The van der Waals surface area contributed by atoms with E-state index in [1.165, 1.54) is 18.7 Å². The van der Waals surface area contributed by atoms with Crippen molar-refractivity contribution in [2.24, 2.45) is 0 Å². The molecule has 124 valence electrons. The van der Waals surface area contributed by atoms with E-state index >= 15 is 0 Å². The summed E-state index contributed by atoms with van der Waals surface area (Å²) in [6, 6.07) is 9.32. The molecule has 3 rings (SSSR count). The SMILES string of the molecule is CCn1cc(S(=O)(=O)Nc2cncnc2-c2ccccc2)nc1C. The van der Waals surface area contributed by atoms with Crippen molar-refractivity contribution in [1.29, 1.82) is 0 Å². The number of aryl methyl sites for hydroxylation is 2. The lowest BCUT2D eigenvalue weighted by Crippen LogP contribution is -2.14. The van der Waals surface area contributed by atoms with Crippen LogP contribution in [0.2, 0.25) is 0 Å². The summed E-state index contributed by atoms with van der Waals surface area (Å²) in [7, 11) is -3.82. The number of imidazole rings is 1. The molecule has 1 aromatic carbocycles. The topological polar surface area (TPSA) is 89.8 Å². The molecule has 0 saturated heterocycles. The van der Waals surface area contributed by atoms with Gasteiger partial charge in [0.15, 0.2) is 5.03 Å². The Labute approximate surface area is 140 Å². The van der Waals surface area contributed by atoms with Crippen molar-refractivity contribution in [3.63, 3.8) is 0 Å². The number of sulfonamides is 1. The van der Waals surface area contributed by atoms with Crippen LogP contribution in [0.4, 0.5) is 5.69 Å². The second kappa shape index (κ2) is 6.40. The molecule has 8 heteroatoms. The largest absolute Gasteiger partial charge is 0.334 e. The summed E-state index contributed by atoms with van der Waals surface area (Å²) < 4.78 is 29.6. The van der Waals surface area contributed by atoms with Crippen LogP contribution in [0.15, 0.2) is 54.1 Å². The molecule has 3 aromatic rings. The van der Waals surface area contributed by atoms with Crippen molar-refractivity contribution >= 4 is 15.7 Å². The van der Waals surface area contributed by atoms with Gasteiger partial charge in [0.05, 0.1) is 17.6 Å². The number of anilines is 1. The zero-order chi connectivity index (χ0) is 17.2. The summed E-state index contributed by atoms with van der Waals surface area (Å²) in [6.45, 7) is 4.35. The minimum absolute atomic E-state index is 0.0234. The van der Waals surface area contributed by atoms with Gasteiger partial charge in [0.1, 0.15) is 12.2 Å². The first-order valence-electron chi connectivity index (χ1n) is 7.43. The minimum atomic E-state index is -3.82. The maximum Gasteiger partial charge on any atom is 0.281 e. The molecular weight excluding hydrogens is 326 g/mol. The highest BCUT2D eigenvalue weighted by molar-refractivity contribution is 7.92. The normalized spacial score (nSPS) is 11.4. The van der Waals surface area contributed by atoms with Crippen LogP contribution in [0.1, 0.15) is 12.7 Å². The van der Waals surface area contributed by atoms with Gasteiger partial charge >= 0.3 is 0 Å². The van der Waals surface area contributed by atoms with E-state index in [9.17, 15) is 8.42 Å². The van der Waals surface area contributed by atoms with Crippen LogP contribution in [-0.2, 0) is 16.6 Å². The van der Waals surface area contributed by atoms with Crippen LogP contribution in [0.3, 0.4) is 0 Å². The fourth-order valence-electron chi connectivity index (χ4n) is 2.36. The molecule has 0 spiro atoms. The predicted octanol–water partition coefficient (Wildman–Crippen LogP) is 2.47. The molecule has 0 aliphatic heterocycles. The molecule has 0 amide bonds. The number of benzene rings is 1. The van der Waals surface area contributed by atoms with Crippen molar-refractivity contribution in [2.75, 3.05) is 4.72 Å². The lowest BCUT2D eigenvalue weighted by Gasteiger charge is -2.10. The van der Waals surface area contributed by atoms with Gasteiger partial charge in [-0.15, -0.1) is 0 Å². The summed E-state index contributed by atoms with van der Waals surface area (Å²) in [5.41, 5.74) is 1.63. The van der Waals surface area contributed by atoms with Gasteiger partial charge in [-0.25, -0.2) is 15.0 Å². The molecule has 0 bridgehead atoms. The predicted molar refractivity (Wildman–Crippen MR) is 90.9 cm³/mol. The summed E-state index contributed by atoms with van der Waals surface area (Å²) >= 11 is 0. The Balaban J connectivity index is 1.99. The second-order valence-electron chi connectivity index (χ2n) is 5.17. The Kier molecular flexibility index (Phi) is 4.30. The molecule has 2 aromatic heterocycles. The molecule has 0 saturated carbocycles. The molecule has 0 radical (unpaired) electrons. The standard InChI is InChI=1S/C16H17N5O2S/c1-3-21-10-15(19-12(21)2)24(22,23)20-14-9-17-11-18-16(14)13-7-5-4-6-8-13/h4-11,20H,3H2,1-2H3. The molecule has 0 aliphatic carbocycles. The second-order valence-corrected chi connectivity index (χ2v) is 6.80. The fourth-order valence-corrected chi connectivity index (χ4v) is 3.42. The molecule has 0 fully saturated rings. The number of nitrogens with one attached hydrogen (secondary N) is 1. The third kappa shape index (κ3) is 3.13. The molecule has 0 atom stereocenters. The van der Waals surface area contributed by atoms with Crippen LogP contribution >= 0.6 is 0 Å². The molecule has 7 nitrogen and oxygen atoms in total. The number of hydrogen-bond donors (Lipinski definition) is 1. The summed E-state index contributed by atoms with van der Waals surface area (Å²) in [4.78, 5) is 12.2. The minimum Gasteiger partial charge on any atom is -0.334 e. The maximum absolute atomic E-state index is 12.6. The van der Waals surface area contributed by atoms with Crippen LogP contribution in [0, 0.1) is 6.92 Å². The molecule has 24 heavy (non-hydrogen) atoms. The molecule has 1 N–H and O–H groups in total. The number of hydrogen-bond acceptors (Lipinski definition) is 5. The van der Waals surface area contributed by atoms with E-state index in [0.717, 1.165) is 5.56 Å². The van der Waals surface area contributed by atoms with Gasteiger partial charge in [-0.05, 0) is 13.8 Å². The fraction of sp³-hybridized carbons (Fsp3) is 0.188. The van der Waals surface area contributed by atoms with Crippen molar-refractivity contribution in [3.05, 3.63) is 54.9 Å². The lowest BCUT2D eigenvalue weighted by atomic mass is 10.1. The zero-order valence-corrected chi connectivity index (χ0v) is 14.2. The number of rotatable bonds is 5. The molecule has 0 aliphatic rings. The van der Waals surface area contributed by atoms with Crippen molar-refractivity contribution in [1.82, 2.24) is 19.5 Å². The quantitative estimate of drug-likeness (QED) is 0.768. The molecule has 0 unspecified atom stereocenters. The maximum atomic E-state index is 12.6. The number of nitrogens with zero attached hydrogens (tertiary/aromatic N) is 4. The van der Waals surface area contributed by atoms with Crippen molar-refractivity contribution < 1.29 is 8.42 Å². The average molecular weight is 343 g/mol. The first-order valence-corrected chi connectivity index (χ1v) is 8.91. The zero-order valence-electron chi connectivity index (χ0n) is 13.3. The third-order valence-electron chi connectivity index (χ3n) is 3.57. The van der Waals surface area contributed by atoms with E-state index < -0.39 is 10.0 Å². The third-order valence-corrected chi connectivity index (χ3v) is 4.81. The van der Waals surface area contributed by atoms with Crippen LogP contribution in [0.25, 0.3) is 11.3 Å². The summed E-state index contributed by atoms with van der Waals surface area (Å²) in [5.74, 6) is 0.644. The van der Waals surface area contributed by atoms with E-state index in [4.69, 9.17) is 0 Å². The van der Waals surface area contributed by atoms with E-state index in [1.54, 1.807) is 11.5 Å². The highest BCUT2D eigenvalue weighted by atomic mass is 32.2. The first kappa shape index (κ1) is 16.1. The van der Waals surface area contributed by atoms with Crippen LogP contribution in [0.5, 0.6) is 0 Å². The Morgan fingerprint density at radius 1 is 1.21 bits per heavy atom. The Hall–Kier alpha value is -2.74. The van der Waals surface area contributed by atoms with E-state index in [2.05, 4.69) is 19.7 Å². The van der Waals surface area contributed by atoms with E-state index in [1.807, 2.05) is 37.3 Å². The van der Waals surface area contributed by atoms with Crippen LogP contribution < -0.4 is 4.72 Å². The molecular formula is C16H17N5O2S. The summed E-state index contributed by atoms with van der Waals surface area (Å²) in [6.07, 6.45) is 4.34. The van der Waals surface area contributed by atoms with Gasteiger partial charge in [0.2, 0.25) is 0 Å². The summed E-state index contributed by atoms with van der Waals surface area (Å²) in [5, 5.41) is -0.0234. The molecule has 2 heterocycles. The van der Waals surface area contributed by atoms with Gasteiger partial charge in [0, 0.05) is 18.3 Å². The van der Waals surface area contributed by atoms with Crippen LogP contribution in [-0.4, -0.2) is 27.9 Å². The Morgan fingerprint density at radius 2 is 1.96 bits per heavy atom. The highest BCUT2D eigenvalue weighted by Gasteiger charge is 2.21. The van der Waals surface area contributed by atoms with E-state index in [-0.39, 0.29) is 5.03 Å². The highest BCUT2D eigenvalue weighted by Crippen LogP contribution is 2.26. The number of aromatic nitrogens is 4. The van der Waals surface area contributed by atoms with Crippen molar-refractivity contribution in [3.8, 4) is 11.3 Å². The monoisotopic (exact) mass is 343 g/mol. The smallest absolute Gasteiger partial charge is 0.281 e. The van der Waals surface area contributed by atoms with Gasteiger partial charge in [-0.1, -0.05) is 30.3 Å². The first-order chi connectivity index (χ1) is 11.5. The lowest BCUT2D eigenvalue weighted by molar-refractivity contribution is 0.598. The van der Waals surface area contributed by atoms with Gasteiger partial charge in [-0.2, -0.15) is 8.42 Å². The average Bonchev–Trinajstić information content (AvgIpc) is 2.98. The Bertz CT molecular complexity index is 952. The van der Waals surface area contributed by atoms with Gasteiger partial charge < -0.3 is 4.57 Å².